The zero-order valence-corrected chi connectivity index (χ0v) is 14.0. The lowest BCUT2D eigenvalue weighted by atomic mass is 10.1. The summed E-state index contributed by atoms with van der Waals surface area (Å²) in [6, 6.07) is 5.67. The van der Waals surface area contributed by atoms with Gasteiger partial charge >= 0.3 is 6.03 Å². The van der Waals surface area contributed by atoms with E-state index in [1.807, 2.05) is 26.0 Å². The Morgan fingerprint density at radius 3 is 2.55 bits per heavy atom. The number of amides is 2. The third kappa shape index (κ3) is 4.62. The summed E-state index contributed by atoms with van der Waals surface area (Å²) in [6.07, 6.45) is 3.22. The van der Waals surface area contributed by atoms with E-state index in [0.29, 0.717) is 5.69 Å². The smallest absolute Gasteiger partial charge is 0.315 e. The number of rotatable bonds is 6. The third-order valence-corrected chi connectivity index (χ3v) is 4.71. The molecule has 22 heavy (non-hydrogen) atoms. The van der Waals surface area contributed by atoms with Gasteiger partial charge in [0, 0.05) is 12.6 Å². The van der Waals surface area contributed by atoms with Crippen molar-refractivity contribution in [1.29, 1.82) is 0 Å². The second-order valence-corrected chi connectivity index (χ2v) is 7.71. The Hall–Kier alpha value is -1.76. The van der Waals surface area contributed by atoms with Crippen LogP contribution in [-0.4, -0.2) is 39.8 Å². The first-order valence-corrected chi connectivity index (χ1v) is 9.21. The molecular formula is C15H23N3O3S. The number of nitrogens with zero attached hydrogens (tertiary/aromatic N) is 1. The Bertz CT molecular complexity index is 654. The molecule has 0 heterocycles. The highest BCUT2D eigenvalue weighted by Crippen LogP contribution is 2.23. The van der Waals surface area contributed by atoms with Crippen molar-refractivity contribution < 1.29 is 13.2 Å². The first kappa shape index (κ1) is 16.6. The lowest BCUT2D eigenvalue weighted by molar-refractivity contribution is 0.241. The maximum absolute atomic E-state index is 12.0. The van der Waals surface area contributed by atoms with Crippen molar-refractivity contribution in [3.8, 4) is 0 Å². The number of hydrogen-bond donors (Lipinski definition) is 2. The van der Waals surface area contributed by atoms with Gasteiger partial charge in [0.25, 0.3) is 0 Å². The minimum Gasteiger partial charge on any atom is -0.336 e. The van der Waals surface area contributed by atoms with Gasteiger partial charge in [-0.3, -0.25) is 4.31 Å². The molecule has 6 nitrogen and oxygen atoms in total. The molecule has 0 saturated heterocycles. The molecule has 0 radical (unpaired) electrons. The summed E-state index contributed by atoms with van der Waals surface area (Å²) in [4.78, 5) is 11.6. The maximum atomic E-state index is 12.0. The lowest BCUT2D eigenvalue weighted by Crippen LogP contribution is -2.42. The molecule has 2 amide bonds. The highest BCUT2D eigenvalue weighted by molar-refractivity contribution is 7.92. The van der Waals surface area contributed by atoms with Crippen LogP contribution in [0.15, 0.2) is 18.2 Å². The Kier molecular flexibility index (Phi) is 4.95. The van der Waals surface area contributed by atoms with Crippen molar-refractivity contribution in [1.82, 2.24) is 10.6 Å². The van der Waals surface area contributed by atoms with Crippen molar-refractivity contribution in [2.75, 3.05) is 23.7 Å². The molecule has 0 unspecified atom stereocenters. The standard InChI is InChI=1S/C15H23N3O3S/c1-11-4-7-14(12(2)10-11)18(22(3,20)21)9-8-16-15(19)17-13-5-6-13/h4,7,10,13H,5-6,8-9H2,1-3H3,(H2,16,17,19). The molecule has 1 fully saturated rings. The summed E-state index contributed by atoms with van der Waals surface area (Å²) in [7, 11) is -3.40. The van der Waals surface area contributed by atoms with Gasteiger partial charge in [-0.1, -0.05) is 17.7 Å². The van der Waals surface area contributed by atoms with Crippen LogP contribution in [0.5, 0.6) is 0 Å². The fourth-order valence-corrected chi connectivity index (χ4v) is 3.27. The van der Waals surface area contributed by atoms with Gasteiger partial charge in [-0.2, -0.15) is 0 Å². The van der Waals surface area contributed by atoms with Gasteiger partial charge in [0.2, 0.25) is 10.0 Å². The van der Waals surface area contributed by atoms with E-state index >= 15 is 0 Å². The normalized spacial score (nSPS) is 14.5. The number of aryl methyl sites for hydroxylation is 2. The number of anilines is 1. The fraction of sp³-hybridized carbons (Fsp3) is 0.533. The van der Waals surface area contributed by atoms with Gasteiger partial charge in [-0.15, -0.1) is 0 Å². The minimum atomic E-state index is -3.40. The second-order valence-electron chi connectivity index (χ2n) is 5.80. The number of hydrogen-bond acceptors (Lipinski definition) is 3. The molecule has 1 saturated carbocycles. The van der Waals surface area contributed by atoms with E-state index in [-0.39, 0.29) is 25.2 Å². The Labute approximate surface area is 131 Å². The average Bonchev–Trinajstić information content (AvgIpc) is 3.18. The molecule has 1 aliphatic rings. The van der Waals surface area contributed by atoms with Gasteiger partial charge in [0.15, 0.2) is 0 Å². The van der Waals surface area contributed by atoms with Crippen LogP contribution in [0.25, 0.3) is 0 Å². The number of carbonyl (C=O) groups is 1. The number of sulfonamides is 1. The molecule has 1 aromatic carbocycles. The van der Waals surface area contributed by atoms with E-state index in [4.69, 9.17) is 0 Å². The van der Waals surface area contributed by atoms with Crippen molar-refractivity contribution >= 4 is 21.7 Å². The van der Waals surface area contributed by atoms with Crippen molar-refractivity contribution in [3.05, 3.63) is 29.3 Å². The van der Waals surface area contributed by atoms with E-state index in [2.05, 4.69) is 10.6 Å². The monoisotopic (exact) mass is 325 g/mol. The largest absolute Gasteiger partial charge is 0.336 e. The Balaban J connectivity index is 2.02. The van der Waals surface area contributed by atoms with Crippen LogP contribution in [0.3, 0.4) is 0 Å². The van der Waals surface area contributed by atoms with Crippen molar-refractivity contribution in [2.45, 2.75) is 32.7 Å². The molecule has 2 N–H and O–H groups in total. The number of nitrogens with one attached hydrogen (secondary N) is 2. The second kappa shape index (κ2) is 6.56. The summed E-state index contributed by atoms with van der Waals surface area (Å²) in [5.74, 6) is 0. The predicted octanol–water partition coefficient (Wildman–Crippen LogP) is 1.53. The molecular weight excluding hydrogens is 302 g/mol. The van der Waals surface area contributed by atoms with Crippen LogP contribution < -0.4 is 14.9 Å². The van der Waals surface area contributed by atoms with Crippen LogP contribution >= 0.6 is 0 Å². The predicted molar refractivity (Wildman–Crippen MR) is 87.7 cm³/mol. The molecule has 0 aliphatic heterocycles. The van der Waals surface area contributed by atoms with Crippen LogP contribution in [0.2, 0.25) is 0 Å². The van der Waals surface area contributed by atoms with Crippen molar-refractivity contribution in [2.24, 2.45) is 0 Å². The average molecular weight is 325 g/mol. The van der Waals surface area contributed by atoms with Gasteiger partial charge in [-0.05, 0) is 38.3 Å². The Morgan fingerprint density at radius 1 is 1.32 bits per heavy atom. The topological polar surface area (TPSA) is 78.5 Å². The summed E-state index contributed by atoms with van der Waals surface area (Å²) in [5.41, 5.74) is 2.63. The molecule has 0 aromatic heterocycles. The molecule has 0 spiro atoms. The molecule has 1 aliphatic carbocycles. The first-order valence-electron chi connectivity index (χ1n) is 7.36. The number of benzene rings is 1. The molecule has 122 valence electrons. The summed E-state index contributed by atoms with van der Waals surface area (Å²) in [5, 5.41) is 5.51. The van der Waals surface area contributed by atoms with E-state index in [1.165, 1.54) is 10.6 Å². The highest BCUT2D eigenvalue weighted by atomic mass is 32.2. The minimum absolute atomic E-state index is 0.209. The van der Waals surface area contributed by atoms with Gasteiger partial charge in [0.1, 0.15) is 0 Å². The molecule has 7 heteroatoms. The molecule has 1 aromatic rings. The van der Waals surface area contributed by atoms with Gasteiger partial charge in [0.05, 0.1) is 18.5 Å². The SMILES string of the molecule is Cc1ccc(N(CCNC(=O)NC2CC2)S(C)(=O)=O)c(C)c1. The Morgan fingerprint density at radius 2 is 2.00 bits per heavy atom. The molecule has 2 rings (SSSR count). The highest BCUT2D eigenvalue weighted by Gasteiger charge is 2.23. The number of carbonyl (C=O) groups excluding carboxylic acids is 1. The zero-order valence-electron chi connectivity index (χ0n) is 13.2. The molecule has 0 bridgehead atoms. The van der Waals surface area contributed by atoms with Crippen LogP contribution in [0.4, 0.5) is 10.5 Å². The summed E-state index contributed by atoms with van der Waals surface area (Å²) < 4.78 is 25.4. The number of urea groups is 1. The molecule has 0 atom stereocenters. The van der Waals surface area contributed by atoms with Crippen molar-refractivity contribution in [3.63, 3.8) is 0 Å². The van der Waals surface area contributed by atoms with Crippen LogP contribution in [0, 0.1) is 13.8 Å². The third-order valence-electron chi connectivity index (χ3n) is 3.53. The van der Waals surface area contributed by atoms with E-state index in [0.717, 1.165) is 24.0 Å². The summed E-state index contributed by atoms with van der Waals surface area (Å²) in [6.45, 7) is 4.32. The van der Waals surface area contributed by atoms with E-state index < -0.39 is 10.0 Å². The van der Waals surface area contributed by atoms with E-state index in [1.54, 1.807) is 6.07 Å². The first-order chi connectivity index (χ1) is 10.3. The maximum Gasteiger partial charge on any atom is 0.315 e. The van der Waals surface area contributed by atoms with E-state index in [9.17, 15) is 13.2 Å². The van der Waals surface area contributed by atoms with Crippen LogP contribution in [-0.2, 0) is 10.0 Å². The quantitative estimate of drug-likeness (QED) is 0.832. The fourth-order valence-electron chi connectivity index (χ4n) is 2.29. The summed E-state index contributed by atoms with van der Waals surface area (Å²) >= 11 is 0. The van der Waals surface area contributed by atoms with Gasteiger partial charge < -0.3 is 10.6 Å². The van der Waals surface area contributed by atoms with Gasteiger partial charge in [-0.25, -0.2) is 13.2 Å². The van der Waals surface area contributed by atoms with Crippen LogP contribution in [0.1, 0.15) is 24.0 Å². The lowest BCUT2D eigenvalue weighted by Gasteiger charge is -2.24. The zero-order chi connectivity index (χ0) is 16.3.